The Kier molecular flexibility index (Phi) is 5.11. The number of halogens is 1. The van der Waals surface area contributed by atoms with E-state index in [0.717, 1.165) is 6.42 Å². The van der Waals surface area contributed by atoms with E-state index in [2.05, 4.69) is 5.32 Å². The first kappa shape index (κ1) is 16.5. The number of sulfone groups is 1. The number of nitrogens with one attached hydrogen (secondary N) is 1. The molecule has 21 heavy (non-hydrogen) atoms. The van der Waals surface area contributed by atoms with Crippen LogP contribution in [0.3, 0.4) is 0 Å². The Balaban J connectivity index is 1.89. The van der Waals surface area contributed by atoms with Gasteiger partial charge in [0.1, 0.15) is 6.04 Å². The molecule has 3 atom stereocenters. The molecule has 120 valence electrons. The van der Waals surface area contributed by atoms with E-state index >= 15 is 0 Å². The maximum atomic E-state index is 12.0. The second-order valence-corrected chi connectivity index (χ2v) is 8.13. The van der Waals surface area contributed by atoms with Crippen LogP contribution < -0.4 is 5.32 Å². The van der Waals surface area contributed by atoms with Crippen molar-refractivity contribution < 1.29 is 22.7 Å². The van der Waals surface area contributed by atoms with Crippen LogP contribution in [0, 0.1) is 0 Å². The molecule has 0 aromatic rings. The fourth-order valence-corrected chi connectivity index (χ4v) is 5.34. The predicted octanol–water partition coefficient (Wildman–Crippen LogP) is -0.856. The number of hydrogen-bond donors (Lipinski definition) is 1. The Labute approximate surface area is 128 Å². The van der Waals surface area contributed by atoms with Gasteiger partial charge in [-0.25, -0.2) is 8.42 Å². The first-order valence-corrected chi connectivity index (χ1v) is 9.04. The molecule has 2 saturated heterocycles. The number of methoxy groups -OCH3 is 1. The molecule has 2 rings (SSSR count). The van der Waals surface area contributed by atoms with Crippen molar-refractivity contribution in [3.63, 3.8) is 0 Å². The van der Waals surface area contributed by atoms with Gasteiger partial charge in [-0.15, -0.1) is 11.6 Å². The van der Waals surface area contributed by atoms with Crippen molar-refractivity contribution in [1.29, 1.82) is 0 Å². The van der Waals surface area contributed by atoms with E-state index in [1.165, 1.54) is 7.11 Å². The summed E-state index contributed by atoms with van der Waals surface area (Å²) in [5.41, 5.74) is 0. The van der Waals surface area contributed by atoms with Crippen molar-refractivity contribution in [3.8, 4) is 0 Å². The van der Waals surface area contributed by atoms with Gasteiger partial charge in [0, 0.05) is 0 Å². The molecule has 2 aliphatic heterocycles. The number of esters is 1. The van der Waals surface area contributed by atoms with Crippen molar-refractivity contribution in [1.82, 2.24) is 10.2 Å². The first-order chi connectivity index (χ1) is 9.82. The number of nitrogens with zero attached hydrogens (tertiary/aromatic N) is 1. The fourth-order valence-electron chi connectivity index (χ4n) is 2.79. The van der Waals surface area contributed by atoms with E-state index in [-0.39, 0.29) is 29.9 Å². The van der Waals surface area contributed by atoms with Crippen LogP contribution in [0.4, 0.5) is 0 Å². The van der Waals surface area contributed by atoms with Gasteiger partial charge in [0.05, 0.1) is 36.6 Å². The molecule has 1 amide bonds. The van der Waals surface area contributed by atoms with Crippen LogP contribution in [-0.4, -0.2) is 74.4 Å². The van der Waals surface area contributed by atoms with Crippen LogP contribution in [0.15, 0.2) is 0 Å². The molecule has 3 unspecified atom stereocenters. The standard InChI is InChI=1S/C12H19ClN2O5S/c1-20-12(17)10-3-2-4-15(10)5-11(16)14-9-7-21(18,19)6-8(9)13/h8-10H,2-7H2,1H3,(H,14,16). The van der Waals surface area contributed by atoms with Gasteiger partial charge in [0.2, 0.25) is 5.91 Å². The number of carbonyl (C=O) groups is 2. The summed E-state index contributed by atoms with van der Waals surface area (Å²) in [6.07, 6.45) is 1.48. The van der Waals surface area contributed by atoms with Gasteiger partial charge in [-0.1, -0.05) is 0 Å². The summed E-state index contributed by atoms with van der Waals surface area (Å²) in [6, 6.07) is -0.969. The van der Waals surface area contributed by atoms with Gasteiger partial charge >= 0.3 is 5.97 Å². The highest BCUT2D eigenvalue weighted by Crippen LogP contribution is 2.20. The number of likely N-dealkylation sites (tertiary alicyclic amines) is 1. The molecule has 1 N–H and O–H groups in total. The minimum absolute atomic E-state index is 0.0416. The third kappa shape index (κ3) is 4.08. The number of ether oxygens (including phenoxy) is 1. The van der Waals surface area contributed by atoms with E-state index < -0.39 is 27.3 Å². The van der Waals surface area contributed by atoms with Crippen molar-refractivity contribution in [2.75, 3.05) is 31.7 Å². The van der Waals surface area contributed by atoms with Crippen LogP contribution in [0.5, 0.6) is 0 Å². The normalized spacial score (nSPS) is 32.0. The van der Waals surface area contributed by atoms with Crippen LogP contribution in [-0.2, 0) is 24.2 Å². The first-order valence-electron chi connectivity index (χ1n) is 6.78. The van der Waals surface area contributed by atoms with E-state index in [4.69, 9.17) is 16.3 Å². The zero-order valence-corrected chi connectivity index (χ0v) is 13.3. The van der Waals surface area contributed by atoms with Crippen molar-refractivity contribution >= 4 is 33.3 Å². The molecule has 0 aromatic heterocycles. The van der Waals surface area contributed by atoms with Crippen molar-refractivity contribution in [2.45, 2.75) is 30.3 Å². The van der Waals surface area contributed by atoms with Crippen molar-refractivity contribution in [2.24, 2.45) is 0 Å². The average Bonchev–Trinajstić information content (AvgIpc) is 2.93. The third-order valence-corrected chi connectivity index (χ3v) is 6.19. The van der Waals surface area contributed by atoms with Gasteiger partial charge in [-0.05, 0) is 19.4 Å². The smallest absolute Gasteiger partial charge is 0.323 e. The molecular weight excluding hydrogens is 320 g/mol. The molecule has 0 aromatic carbocycles. The predicted molar refractivity (Wildman–Crippen MR) is 76.8 cm³/mol. The molecule has 0 bridgehead atoms. The summed E-state index contributed by atoms with van der Waals surface area (Å²) in [5, 5.41) is 2.04. The number of carbonyl (C=O) groups excluding carboxylic acids is 2. The lowest BCUT2D eigenvalue weighted by atomic mass is 10.2. The highest BCUT2D eigenvalue weighted by Gasteiger charge is 2.38. The number of amides is 1. The lowest BCUT2D eigenvalue weighted by Gasteiger charge is -2.23. The topological polar surface area (TPSA) is 92.8 Å². The minimum atomic E-state index is -3.18. The second-order valence-electron chi connectivity index (χ2n) is 5.42. The molecule has 7 nitrogen and oxygen atoms in total. The fraction of sp³-hybridized carbons (Fsp3) is 0.833. The largest absolute Gasteiger partial charge is 0.468 e. The maximum absolute atomic E-state index is 12.0. The zero-order valence-electron chi connectivity index (χ0n) is 11.7. The van der Waals surface area contributed by atoms with Crippen LogP contribution in [0.1, 0.15) is 12.8 Å². The van der Waals surface area contributed by atoms with Gasteiger partial charge in [0.15, 0.2) is 9.84 Å². The second kappa shape index (κ2) is 6.50. The maximum Gasteiger partial charge on any atom is 0.323 e. The highest BCUT2D eigenvalue weighted by atomic mass is 35.5. The molecule has 9 heteroatoms. The minimum Gasteiger partial charge on any atom is -0.468 e. The zero-order chi connectivity index (χ0) is 15.6. The summed E-state index contributed by atoms with van der Waals surface area (Å²) in [7, 11) is -1.86. The van der Waals surface area contributed by atoms with Crippen molar-refractivity contribution in [3.05, 3.63) is 0 Å². The molecule has 2 fully saturated rings. The Morgan fingerprint density at radius 3 is 2.67 bits per heavy atom. The Morgan fingerprint density at radius 2 is 2.10 bits per heavy atom. The summed E-state index contributed by atoms with van der Waals surface area (Å²) in [6.45, 7) is 0.681. The number of alkyl halides is 1. The van der Waals surface area contributed by atoms with Gasteiger partial charge in [-0.2, -0.15) is 0 Å². The Hall–Kier alpha value is -0.860. The Morgan fingerprint density at radius 1 is 1.38 bits per heavy atom. The van der Waals surface area contributed by atoms with Gasteiger partial charge < -0.3 is 10.1 Å². The summed E-state index contributed by atoms with van der Waals surface area (Å²) >= 11 is 5.94. The third-order valence-electron chi connectivity index (χ3n) is 3.81. The monoisotopic (exact) mass is 338 g/mol. The lowest BCUT2D eigenvalue weighted by Crippen LogP contribution is -2.48. The van der Waals surface area contributed by atoms with E-state index in [9.17, 15) is 18.0 Å². The van der Waals surface area contributed by atoms with E-state index in [0.29, 0.717) is 13.0 Å². The van der Waals surface area contributed by atoms with Gasteiger partial charge in [0.25, 0.3) is 0 Å². The molecule has 2 aliphatic rings. The lowest BCUT2D eigenvalue weighted by molar-refractivity contribution is -0.146. The van der Waals surface area contributed by atoms with E-state index in [1.54, 1.807) is 4.90 Å². The van der Waals surface area contributed by atoms with Crippen LogP contribution in [0.25, 0.3) is 0 Å². The van der Waals surface area contributed by atoms with E-state index in [1.807, 2.05) is 0 Å². The van der Waals surface area contributed by atoms with Crippen LogP contribution >= 0.6 is 11.6 Å². The Bertz CT molecular complexity index is 524. The molecule has 2 heterocycles. The molecule has 0 saturated carbocycles. The number of rotatable bonds is 4. The summed E-state index contributed by atoms with van der Waals surface area (Å²) in [5.74, 6) is -0.918. The molecule has 0 radical (unpaired) electrons. The summed E-state index contributed by atoms with van der Waals surface area (Å²) < 4.78 is 27.6. The number of hydrogen-bond acceptors (Lipinski definition) is 6. The SMILES string of the molecule is COC(=O)C1CCCN1CC(=O)NC1CS(=O)(=O)CC1Cl. The van der Waals surface area contributed by atoms with Gasteiger partial charge in [-0.3, -0.25) is 14.5 Å². The summed E-state index contributed by atoms with van der Waals surface area (Å²) in [4.78, 5) is 25.3. The molecule has 0 aliphatic carbocycles. The highest BCUT2D eigenvalue weighted by molar-refractivity contribution is 7.91. The average molecular weight is 339 g/mol. The molecule has 0 spiro atoms. The quantitative estimate of drug-likeness (QED) is 0.530. The molecular formula is C12H19ClN2O5S. The van der Waals surface area contributed by atoms with Crippen LogP contribution in [0.2, 0.25) is 0 Å².